The molecule has 1 atom stereocenters. The van der Waals surface area contributed by atoms with E-state index < -0.39 is 5.54 Å². The van der Waals surface area contributed by atoms with E-state index in [2.05, 4.69) is 36.8 Å². The molecule has 12 heavy (non-hydrogen) atoms. The van der Waals surface area contributed by atoms with E-state index >= 15 is 0 Å². The number of aliphatic hydroxyl groups excluding tert-OH is 1. The lowest BCUT2D eigenvalue weighted by atomic mass is 10.0. The second-order valence-corrected chi connectivity index (χ2v) is 4.57. The van der Waals surface area contributed by atoms with Crippen molar-refractivity contribution >= 4 is 31.9 Å². The first-order valence-electron chi connectivity index (χ1n) is 3.41. The summed E-state index contributed by atoms with van der Waals surface area (Å²) in [5.74, 6) is 0. The van der Waals surface area contributed by atoms with E-state index in [1.807, 2.05) is 6.07 Å². The highest BCUT2D eigenvalue weighted by Gasteiger charge is 2.22. The van der Waals surface area contributed by atoms with Gasteiger partial charge in [0.15, 0.2) is 0 Å². The first kappa shape index (κ1) is 10.2. The third-order valence-corrected chi connectivity index (χ3v) is 3.45. The van der Waals surface area contributed by atoms with Crippen molar-refractivity contribution in [1.82, 2.24) is 4.98 Å². The number of nitrogens with one attached hydrogen (secondary N) is 1. The highest BCUT2D eigenvalue weighted by Crippen LogP contribution is 2.27. The van der Waals surface area contributed by atoms with Gasteiger partial charge in [-0.3, -0.25) is 0 Å². The van der Waals surface area contributed by atoms with Crippen LogP contribution in [0.3, 0.4) is 0 Å². The topological polar surface area (TPSA) is 62.0 Å². The number of aliphatic hydroxyl groups is 1. The second kappa shape index (κ2) is 3.49. The molecule has 1 unspecified atom stereocenters. The summed E-state index contributed by atoms with van der Waals surface area (Å²) in [6, 6.07) is 1.85. The second-order valence-electron chi connectivity index (χ2n) is 2.92. The molecule has 0 amide bonds. The molecule has 68 valence electrons. The molecule has 0 radical (unpaired) electrons. The van der Waals surface area contributed by atoms with Gasteiger partial charge in [-0.1, -0.05) is 0 Å². The summed E-state index contributed by atoms with van der Waals surface area (Å²) in [4.78, 5) is 3.02. The minimum Gasteiger partial charge on any atom is -0.394 e. The molecule has 3 nitrogen and oxygen atoms in total. The van der Waals surface area contributed by atoms with E-state index in [0.717, 1.165) is 14.8 Å². The summed E-state index contributed by atoms with van der Waals surface area (Å²) >= 11 is 6.62. The molecule has 4 N–H and O–H groups in total. The zero-order valence-electron chi connectivity index (χ0n) is 6.56. The quantitative estimate of drug-likeness (QED) is 0.778. The first-order valence-corrected chi connectivity index (χ1v) is 5.00. The molecule has 0 bridgehead atoms. The van der Waals surface area contributed by atoms with Crippen molar-refractivity contribution in [3.63, 3.8) is 0 Å². The Morgan fingerprint density at radius 3 is 2.58 bits per heavy atom. The molecule has 1 heterocycles. The Balaban J connectivity index is 3.04. The maximum absolute atomic E-state index is 8.97. The van der Waals surface area contributed by atoms with Gasteiger partial charge in [-0.25, -0.2) is 0 Å². The number of halogens is 2. The third-order valence-electron chi connectivity index (χ3n) is 1.67. The number of hydrogen-bond donors (Lipinski definition) is 3. The van der Waals surface area contributed by atoms with E-state index in [4.69, 9.17) is 10.8 Å². The van der Waals surface area contributed by atoms with Crippen LogP contribution in [0.25, 0.3) is 0 Å². The number of aromatic nitrogens is 1. The number of rotatable bonds is 2. The highest BCUT2D eigenvalue weighted by atomic mass is 79.9. The highest BCUT2D eigenvalue weighted by molar-refractivity contribution is 9.13. The van der Waals surface area contributed by atoms with Gasteiger partial charge >= 0.3 is 0 Å². The van der Waals surface area contributed by atoms with Gasteiger partial charge in [-0.2, -0.15) is 0 Å². The number of aromatic amines is 1. The SMILES string of the molecule is CC(N)(CO)c1cc(Br)c(Br)[nH]1. The fraction of sp³-hybridized carbons (Fsp3) is 0.429. The summed E-state index contributed by atoms with van der Waals surface area (Å²) in [7, 11) is 0. The molecule has 0 fully saturated rings. The molecule has 5 heteroatoms. The van der Waals surface area contributed by atoms with Crippen molar-refractivity contribution in [2.45, 2.75) is 12.5 Å². The van der Waals surface area contributed by atoms with Crippen LogP contribution in [0.15, 0.2) is 15.1 Å². The molecular weight excluding hydrogens is 288 g/mol. The van der Waals surface area contributed by atoms with Crippen LogP contribution >= 0.6 is 31.9 Å². The Kier molecular flexibility index (Phi) is 2.98. The maximum atomic E-state index is 8.97. The van der Waals surface area contributed by atoms with Gasteiger partial charge in [0.1, 0.15) is 0 Å². The van der Waals surface area contributed by atoms with Crippen molar-refractivity contribution in [3.8, 4) is 0 Å². The molecule has 0 aliphatic rings. The summed E-state index contributed by atoms with van der Waals surface area (Å²) in [5, 5.41) is 8.97. The van der Waals surface area contributed by atoms with Crippen LogP contribution < -0.4 is 5.73 Å². The van der Waals surface area contributed by atoms with Gasteiger partial charge in [-0.15, -0.1) is 0 Å². The zero-order chi connectivity index (χ0) is 9.35. The van der Waals surface area contributed by atoms with Gasteiger partial charge < -0.3 is 15.8 Å². The van der Waals surface area contributed by atoms with E-state index in [-0.39, 0.29) is 6.61 Å². The lowest BCUT2D eigenvalue weighted by Crippen LogP contribution is -2.37. The third kappa shape index (κ3) is 1.90. The molecule has 1 rings (SSSR count). The van der Waals surface area contributed by atoms with E-state index in [0.29, 0.717) is 0 Å². The van der Waals surface area contributed by atoms with Crippen LogP contribution in [-0.4, -0.2) is 16.7 Å². The van der Waals surface area contributed by atoms with Crippen LogP contribution in [0.1, 0.15) is 12.6 Å². The average molecular weight is 298 g/mol. The zero-order valence-corrected chi connectivity index (χ0v) is 9.74. The summed E-state index contributed by atoms with van der Waals surface area (Å²) in [6.45, 7) is 1.67. The molecule has 1 aromatic heterocycles. The summed E-state index contributed by atoms with van der Waals surface area (Å²) in [6.07, 6.45) is 0. The Hall–Kier alpha value is 0.160. The lowest BCUT2D eigenvalue weighted by Gasteiger charge is -2.19. The molecule has 0 spiro atoms. The van der Waals surface area contributed by atoms with Crippen LogP contribution in [0.4, 0.5) is 0 Å². The number of hydrogen-bond acceptors (Lipinski definition) is 2. The van der Waals surface area contributed by atoms with Crippen LogP contribution in [0.2, 0.25) is 0 Å². The van der Waals surface area contributed by atoms with E-state index in [1.165, 1.54) is 0 Å². The fourth-order valence-corrected chi connectivity index (χ4v) is 1.45. The molecular formula is C7H10Br2N2O. The smallest absolute Gasteiger partial charge is 0.0966 e. The molecule has 1 aromatic rings. The van der Waals surface area contributed by atoms with Crippen molar-refractivity contribution in [2.75, 3.05) is 6.61 Å². The minimum absolute atomic E-state index is 0.0909. The molecule has 0 saturated heterocycles. The Bertz CT molecular complexity index is 263. The van der Waals surface area contributed by atoms with Crippen LogP contribution in [0, 0.1) is 0 Å². The predicted octanol–water partition coefficient (Wildman–Crippen LogP) is 1.71. The first-order chi connectivity index (χ1) is 5.47. The summed E-state index contributed by atoms with van der Waals surface area (Å²) < 4.78 is 1.74. The molecule has 0 aromatic carbocycles. The van der Waals surface area contributed by atoms with Crippen molar-refractivity contribution < 1.29 is 5.11 Å². The van der Waals surface area contributed by atoms with Crippen molar-refractivity contribution in [1.29, 1.82) is 0 Å². The lowest BCUT2D eigenvalue weighted by molar-refractivity contribution is 0.207. The van der Waals surface area contributed by atoms with Gasteiger partial charge in [0.2, 0.25) is 0 Å². The Morgan fingerprint density at radius 2 is 2.25 bits per heavy atom. The van der Waals surface area contributed by atoms with Crippen LogP contribution in [-0.2, 0) is 5.54 Å². The standard InChI is InChI=1S/C7H10Br2N2O/c1-7(10,3-12)5-2-4(8)6(9)11-5/h2,11-12H,3,10H2,1H3. The number of H-pyrrole nitrogens is 1. The summed E-state index contributed by atoms with van der Waals surface area (Å²) in [5.41, 5.74) is 5.88. The van der Waals surface area contributed by atoms with E-state index in [1.54, 1.807) is 6.92 Å². The van der Waals surface area contributed by atoms with Gasteiger partial charge in [0, 0.05) is 5.69 Å². The predicted molar refractivity (Wildman–Crippen MR) is 54.8 cm³/mol. The molecule has 0 aliphatic heterocycles. The van der Waals surface area contributed by atoms with E-state index in [9.17, 15) is 0 Å². The number of nitrogens with two attached hydrogens (primary N) is 1. The monoisotopic (exact) mass is 296 g/mol. The van der Waals surface area contributed by atoms with Crippen molar-refractivity contribution in [3.05, 3.63) is 20.8 Å². The fourth-order valence-electron chi connectivity index (χ4n) is 0.797. The average Bonchev–Trinajstić information content (AvgIpc) is 2.33. The van der Waals surface area contributed by atoms with Crippen molar-refractivity contribution in [2.24, 2.45) is 5.73 Å². The maximum Gasteiger partial charge on any atom is 0.0966 e. The van der Waals surface area contributed by atoms with Crippen LogP contribution in [0.5, 0.6) is 0 Å². The normalized spacial score (nSPS) is 16.1. The largest absolute Gasteiger partial charge is 0.394 e. The van der Waals surface area contributed by atoms with Gasteiger partial charge in [0.25, 0.3) is 0 Å². The van der Waals surface area contributed by atoms with Gasteiger partial charge in [0.05, 0.1) is 21.2 Å². The Morgan fingerprint density at radius 1 is 1.67 bits per heavy atom. The minimum atomic E-state index is -0.714. The van der Waals surface area contributed by atoms with Gasteiger partial charge in [-0.05, 0) is 44.8 Å². The molecule has 0 saturated carbocycles. The Labute approximate surface area is 87.6 Å². The molecule has 0 aliphatic carbocycles.